The molecule has 1 unspecified atom stereocenters. The molecule has 3 aromatic rings. The Morgan fingerprint density at radius 1 is 1.20 bits per heavy atom. The molecule has 3 heterocycles. The van der Waals surface area contributed by atoms with Crippen LogP contribution in [0.2, 0.25) is 0 Å². The number of hydrogen-bond acceptors (Lipinski definition) is 4. The molecule has 1 N–H and O–H groups in total. The molecule has 0 amide bonds. The van der Waals surface area contributed by atoms with E-state index >= 15 is 0 Å². The number of ether oxygens (including phenoxy) is 1. The third-order valence-electron chi connectivity index (χ3n) is 3.53. The third kappa shape index (κ3) is 1.91. The fourth-order valence-electron chi connectivity index (χ4n) is 2.57. The molecule has 0 spiro atoms. The molecule has 20 heavy (non-hydrogen) atoms. The van der Waals surface area contributed by atoms with Crippen molar-refractivity contribution in [3.05, 3.63) is 53.2 Å². The molecular formula is C15H13N3OS. The van der Waals surface area contributed by atoms with Gasteiger partial charge in [-0.15, -0.1) is 11.3 Å². The van der Waals surface area contributed by atoms with Crippen LogP contribution in [0.3, 0.4) is 0 Å². The second-order valence-corrected chi connectivity index (χ2v) is 5.70. The minimum atomic E-state index is 0.237. The average molecular weight is 283 g/mol. The fourth-order valence-corrected chi connectivity index (χ4v) is 3.23. The van der Waals surface area contributed by atoms with Crippen molar-refractivity contribution in [3.63, 3.8) is 0 Å². The van der Waals surface area contributed by atoms with Crippen LogP contribution in [-0.4, -0.2) is 21.8 Å². The standard InChI is InChI=1S/C15H13N3OS/c1-2-5-12-10(4-1)11(7-8-19-12)14-16-15(18-17-14)13-6-3-9-20-13/h1-6,9,11H,7-8H2,(H,16,17,18). The second kappa shape index (κ2) is 4.76. The summed E-state index contributed by atoms with van der Waals surface area (Å²) in [7, 11) is 0. The average Bonchev–Trinajstić information content (AvgIpc) is 3.17. The maximum Gasteiger partial charge on any atom is 0.191 e. The molecule has 0 aliphatic carbocycles. The van der Waals surface area contributed by atoms with Crippen LogP contribution >= 0.6 is 11.3 Å². The Kier molecular flexibility index (Phi) is 2.77. The molecule has 5 heteroatoms. The predicted octanol–water partition coefficient (Wildman–Crippen LogP) is 3.45. The number of H-pyrrole nitrogens is 1. The Labute approximate surface area is 120 Å². The van der Waals surface area contributed by atoms with Crippen LogP contribution in [0, 0.1) is 0 Å². The number of para-hydroxylation sites is 1. The van der Waals surface area contributed by atoms with Gasteiger partial charge < -0.3 is 4.74 Å². The van der Waals surface area contributed by atoms with Crippen molar-refractivity contribution >= 4 is 11.3 Å². The van der Waals surface area contributed by atoms with E-state index in [1.54, 1.807) is 11.3 Å². The van der Waals surface area contributed by atoms with Crippen LogP contribution in [-0.2, 0) is 0 Å². The van der Waals surface area contributed by atoms with Crippen LogP contribution in [0.15, 0.2) is 41.8 Å². The van der Waals surface area contributed by atoms with E-state index in [0.717, 1.165) is 35.3 Å². The van der Waals surface area contributed by atoms with E-state index in [9.17, 15) is 0 Å². The summed E-state index contributed by atoms with van der Waals surface area (Å²) in [4.78, 5) is 5.75. The van der Waals surface area contributed by atoms with E-state index < -0.39 is 0 Å². The highest BCUT2D eigenvalue weighted by Gasteiger charge is 2.25. The third-order valence-corrected chi connectivity index (χ3v) is 4.40. The molecule has 100 valence electrons. The highest BCUT2D eigenvalue weighted by atomic mass is 32.1. The number of aromatic amines is 1. The van der Waals surface area contributed by atoms with E-state index in [1.165, 1.54) is 5.56 Å². The summed E-state index contributed by atoms with van der Waals surface area (Å²) >= 11 is 1.65. The SMILES string of the molecule is c1csc(-c2n[nH]c(C3CCOc4ccccc43)n2)c1. The van der Waals surface area contributed by atoms with Crippen LogP contribution in [0.4, 0.5) is 0 Å². The Balaban J connectivity index is 1.72. The monoisotopic (exact) mass is 283 g/mol. The fraction of sp³-hybridized carbons (Fsp3) is 0.200. The zero-order chi connectivity index (χ0) is 13.4. The van der Waals surface area contributed by atoms with Crippen LogP contribution in [0.1, 0.15) is 23.7 Å². The summed E-state index contributed by atoms with van der Waals surface area (Å²) in [5.74, 6) is 2.89. The first kappa shape index (κ1) is 11.7. The molecule has 2 aromatic heterocycles. The van der Waals surface area contributed by atoms with Gasteiger partial charge in [-0.2, -0.15) is 5.10 Å². The molecule has 0 saturated carbocycles. The lowest BCUT2D eigenvalue weighted by Crippen LogP contribution is -2.16. The largest absolute Gasteiger partial charge is 0.493 e. The summed E-state index contributed by atoms with van der Waals surface area (Å²) in [5.41, 5.74) is 1.19. The van der Waals surface area contributed by atoms with Gasteiger partial charge in [0.25, 0.3) is 0 Å². The summed E-state index contributed by atoms with van der Waals surface area (Å²) in [6, 6.07) is 12.2. The van der Waals surface area contributed by atoms with E-state index in [4.69, 9.17) is 4.74 Å². The number of fused-ring (bicyclic) bond motifs is 1. The highest BCUT2D eigenvalue weighted by molar-refractivity contribution is 7.13. The number of benzene rings is 1. The number of thiophene rings is 1. The molecule has 1 aromatic carbocycles. The van der Waals surface area contributed by atoms with Gasteiger partial charge in [0.05, 0.1) is 17.4 Å². The van der Waals surface area contributed by atoms with Gasteiger partial charge in [-0.3, -0.25) is 5.10 Å². The molecule has 0 bridgehead atoms. The number of aromatic nitrogens is 3. The zero-order valence-corrected chi connectivity index (χ0v) is 11.6. The molecule has 1 aliphatic heterocycles. The van der Waals surface area contributed by atoms with Crippen LogP contribution < -0.4 is 4.74 Å². The molecule has 0 fully saturated rings. The number of nitrogens with one attached hydrogen (secondary N) is 1. The molecule has 1 atom stereocenters. The van der Waals surface area contributed by atoms with E-state index in [0.29, 0.717) is 0 Å². The van der Waals surface area contributed by atoms with Crippen molar-refractivity contribution in [2.45, 2.75) is 12.3 Å². The Hall–Kier alpha value is -2.14. The van der Waals surface area contributed by atoms with Crippen molar-refractivity contribution in [2.75, 3.05) is 6.61 Å². The van der Waals surface area contributed by atoms with Gasteiger partial charge >= 0.3 is 0 Å². The molecule has 0 radical (unpaired) electrons. The summed E-state index contributed by atoms with van der Waals surface area (Å²) in [5, 5.41) is 9.47. The van der Waals surface area contributed by atoms with Gasteiger partial charge in [-0.1, -0.05) is 24.3 Å². The zero-order valence-electron chi connectivity index (χ0n) is 10.7. The second-order valence-electron chi connectivity index (χ2n) is 4.75. The van der Waals surface area contributed by atoms with Crippen LogP contribution in [0.5, 0.6) is 5.75 Å². The first-order valence-electron chi connectivity index (χ1n) is 6.60. The van der Waals surface area contributed by atoms with Gasteiger partial charge in [0.1, 0.15) is 11.6 Å². The topological polar surface area (TPSA) is 50.8 Å². The Morgan fingerprint density at radius 3 is 3.05 bits per heavy atom. The maximum atomic E-state index is 5.69. The molecular weight excluding hydrogens is 270 g/mol. The lowest BCUT2D eigenvalue weighted by molar-refractivity contribution is 0.274. The Bertz CT molecular complexity index is 720. The summed E-state index contributed by atoms with van der Waals surface area (Å²) < 4.78 is 5.69. The summed E-state index contributed by atoms with van der Waals surface area (Å²) in [6.45, 7) is 0.719. The normalized spacial score (nSPS) is 17.5. The minimum absolute atomic E-state index is 0.237. The van der Waals surface area contributed by atoms with Crippen molar-refractivity contribution in [1.82, 2.24) is 15.2 Å². The molecule has 4 nitrogen and oxygen atoms in total. The van der Waals surface area contributed by atoms with Crippen molar-refractivity contribution < 1.29 is 4.74 Å². The van der Waals surface area contributed by atoms with Gasteiger partial charge in [-0.05, 0) is 23.9 Å². The number of rotatable bonds is 2. The summed E-state index contributed by atoms with van der Waals surface area (Å²) in [6.07, 6.45) is 0.927. The lowest BCUT2D eigenvalue weighted by atomic mass is 9.92. The van der Waals surface area contributed by atoms with E-state index in [-0.39, 0.29) is 5.92 Å². The van der Waals surface area contributed by atoms with Crippen molar-refractivity contribution in [2.24, 2.45) is 0 Å². The number of nitrogens with zero attached hydrogens (tertiary/aromatic N) is 2. The van der Waals surface area contributed by atoms with Gasteiger partial charge in [0.2, 0.25) is 0 Å². The Morgan fingerprint density at radius 2 is 2.15 bits per heavy atom. The predicted molar refractivity (Wildman–Crippen MR) is 78.1 cm³/mol. The molecule has 4 rings (SSSR count). The van der Waals surface area contributed by atoms with Crippen molar-refractivity contribution in [3.8, 4) is 16.5 Å². The van der Waals surface area contributed by atoms with Crippen LogP contribution in [0.25, 0.3) is 10.7 Å². The van der Waals surface area contributed by atoms with Gasteiger partial charge in [-0.25, -0.2) is 4.98 Å². The first-order valence-corrected chi connectivity index (χ1v) is 7.47. The molecule has 0 saturated heterocycles. The van der Waals surface area contributed by atoms with Crippen molar-refractivity contribution in [1.29, 1.82) is 0 Å². The number of hydrogen-bond donors (Lipinski definition) is 1. The first-order chi connectivity index (χ1) is 9.92. The van der Waals surface area contributed by atoms with Gasteiger partial charge in [0.15, 0.2) is 5.82 Å². The van der Waals surface area contributed by atoms with E-state index in [1.807, 2.05) is 35.7 Å². The smallest absolute Gasteiger partial charge is 0.191 e. The minimum Gasteiger partial charge on any atom is -0.493 e. The van der Waals surface area contributed by atoms with Gasteiger partial charge in [0, 0.05) is 5.56 Å². The van der Waals surface area contributed by atoms with E-state index in [2.05, 4.69) is 21.2 Å². The quantitative estimate of drug-likeness (QED) is 0.783. The lowest BCUT2D eigenvalue weighted by Gasteiger charge is -2.23. The molecule has 1 aliphatic rings. The maximum absolute atomic E-state index is 5.69. The highest BCUT2D eigenvalue weighted by Crippen LogP contribution is 2.37.